The maximum absolute atomic E-state index is 6.15. The second-order valence-electron chi connectivity index (χ2n) is 3.55. The number of aromatic nitrogens is 1. The number of pyridine rings is 1. The number of aryl methyl sites for hydroxylation is 2. The predicted octanol–water partition coefficient (Wildman–Crippen LogP) is 4.52. The van der Waals surface area contributed by atoms with Gasteiger partial charge in [0.1, 0.15) is 4.60 Å². The lowest BCUT2D eigenvalue weighted by Gasteiger charge is -2.07. The maximum Gasteiger partial charge on any atom is 0.110 e. The Kier molecular flexibility index (Phi) is 2.98. The van der Waals surface area contributed by atoms with Gasteiger partial charge in [-0.2, -0.15) is 0 Å². The summed E-state index contributed by atoms with van der Waals surface area (Å²) in [5.74, 6) is 0. The van der Waals surface area contributed by atoms with Crippen LogP contribution in [0.4, 0.5) is 0 Å². The minimum atomic E-state index is 0.769. The molecular formula is C12H11BrClN. The number of hydrogen-bond acceptors (Lipinski definition) is 1. The number of nitrogens with zero attached hydrogens (tertiary/aromatic N) is 1. The lowest BCUT2D eigenvalue weighted by molar-refractivity contribution is 1.10. The smallest absolute Gasteiger partial charge is 0.110 e. The first-order valence-corrected chi connectivity index (χ1v) is 6.04. The van der Waals surface area contributed by atoms with Gasteiger partial charge in [-0.25, -0.2) is 4.98 Å². The molecule has 0 fully saturated rings. The monoisotopic (exact) mass is 283 g/mol. The number of rotatable bonds is 1. The van der Waals surface area contributed by atoms with Gasteiger partial charge in [-0.15, -0.1) is 0 Å². The van der Waals surface area contributed by atoms with Gasteiger partial charge in [-0.3, -0.25) is 0 Å². The van der Waals surface area contributed by atoms with Gasteiger partial charge in [-0.05, 0) is 52.5 Å². The van der Waals surface area contributed by atoms with Crippen LogP contribution in [-0.2, 0) is 6.42 Å². The van der Waals surface area contributed by atoms with E-state index in [1.54, 1.807) is 0 Å². The van der Waals surface area contributed by atoms with E-state index in [0.717, 1.165) is 32.5 Å². The fourth-order valence-electron chi connectivity index (χ4n) is 1.63. The fourth-order valence-corrected chi connectivity index (χ4v) is 2.41. The zero-order chi connectivity index (χ0) is 11.0. The molecule has 0 atom stereocenters. The molecule has 0 unspecified atom stereocenters. The quantitative estimate of drug-likeness (QED) is 0.702. The molecular weight excluding hydrogens is 273 g/mol. The summed E-state index contributed by atoms with van der Waals surface area (Å²) in [4.78, 5) is 4.54. The van der Waals surface area contributed by atoms with Crippen molar-refractivity contribution in [1.29, 1.82) is 0 Å². The van der Waals surface area contributed by atoms with Crippen LogP contribution >= 0.6 is 27.5 Å². The van der Waals surface area contributed by atoms with Crippen molar-refractivity contribution in [3.8, 4) is 0 Å². The van der Waals surface area contributed by atoms with Crippen LogP contribution in [0.1, 0.15) is 18.1 Å². The Hall–Kier alpha value is -0.600. The highest BCUT2D eigenvalue weighted by molar-refractivity contribution is 9.10. The van der Waals surface area contributed by atoms with Crippen molar-refractivity contribution in [2.75, 3.05) is 0 Å². The highest BCUT2D eigenvalue weighted by Gasteiger charge is 2.07. The van der Waals surface area contributed by atoms with Crippen LogP contribution in [0.5, 0.6) is 0 Å². The van der Waals surface area contributed by atoms with Crippen LogP contribution in [-0.4, -0.2) is 4.98 Å². The van der Waals surface area contributed by atoms with Crippen molar-refractivity contribution in [3.05, 3.63) is 39.0 Å². The lowest BCUT2D eigenvalue weighted by atomic mass is 10.1. The predicted molar refractivity (Wildman–Crippen MR) is 68.6 cm³/mol. The molecule has 0 spiro atoms. The molecule has 1 nitrogen and oxygen atoms in total. The average molecular weight is 285 g/mol. The van der Waals surface area contributed by atoms with Crippen molar-refractivity contribution < 1.29 is 0 Å². The molecule has 0 N–H and O–H groups in total. The van der Waals surface area contributed by atoms with E-state index in [9.17, 15) is 0 Å². The molecule has 3 heteroatoms. The molecule has 1 aromatic heterocycles. The summed E-state index contributed by atoms with van der Waals surface area (Å²) in [6, 6.07) is 6.03. The number of halogens is 2. The molecule has 0 aliphatic rings. The summed E-state index contributed by atoms with van der Waals surface area (Å²) < 4.78 is 0.919. The summed E-state index contributed by atoms with van der Waals surface area (Å²) in [5.41, 5.74) is 3.32. The van der Waals surface area contributed by atoms with E-state index in [-0.39, 0.29) is 0 Å². The normalized spacial score (nSPS) is 10.9. The number of fused-ring (bicyclic) bond motifs is 1. The third-order valence-electron chi connectivity index (χ3n) is 2.54. The van der Waals surface area contributed by atoms with Crippen molar-refractivity contribution in [1.82, 2.24) is 4.98 Å². The Bertz CT molecular complexity index is 523. The molecule has 0 saturated heterocycles. The van der Waals surface area contributed by atoms with Crippen LogP contribution in [0.15, 0.2) is 22.8 Å². The van der Waals surface area contributed by atoms with Gasteiger partial charge in [0, 0.05) is 10.4 Å². The topological polar surface area (TPSA) is 12.9 Å². The first-order valence-electron chi connectivity index (χ1n) is 4.87. The van der Waals surface area contributed by atoms with Gasteiger partial charge in [0.25, 0.3) is 0 Å². The zero-order valence-corrected chi connectivity index (χ0v) is 11.0. The van der Waals surface area contributed by atoms with E-state index in [1.165, 1.54) is 5.56 Å². The van der Waals surface area contributed by atoms with Gasteiger partial charge in [0.2, 0.25) is 0 Å². The summed E-state index contributed by atoms with van der Waals surface area (Å²) in [6.07, 6.45) is 0.952. The van der Waals surface area contributed by atoms with Crippen LogP contribution in [0.25, 0.3) is 10.9 Å². The van der Waals surface area contributed by atoms with Gasteiger partial charge in [0.05, 0.1) is 5.52 Å². The average Bonchev–Trinajstić information content (AvgIpc) is 2.23. The number of hydrogen-bond donors (Lipinski definition) is 0. The molecule has 78 valence electrons. The largest absolute Gasteiger partial charge is 0.240 e. The van der Waals surface area contributed by atoms with E-state index in [2.05, 4.69) is 33.9 Å². The Morgan fingerprint density at radius 2 is 2.13 bits per heavy atom. The molecule has 0 aliphatic heterocycles. The summed E-state index contributed by atoms with van der Waals surface area (Å²) in [7, 11) is 0. The summed E-state index contributed by atoms with van der Waals surface area (Å²) in [5, 5.41) is 1.81. The van der Waals surface area contributed by atoms with Crippen molar-refractivity contribution >= 4 is 38.4 Å². The van der Waals surface area contributed by atoms with E-state index < -0.39 is 0 Å². The summed E-state index contributed by atoms with van der Waals surface area (Å²) in [6.45, 7) is 4.15. The van der Waals surface area contributed by atoms with E-state index in [4.69, 9.17) is 11.6 Å². The molecule has 1 aromatic carbocycles. The third-order valence-corrected chi connectivity index (χ3v) is 3.56. The zero-order valence-electron chi connectivity index (χ0n) is 8.64. The van der Waals surface area contributed by atoms with E-state index in [0.29, 0.717) is 0 Å². The van der Waals surface area contributed by atoms with Crippen molar-refractivity contribution in [2.24, 2.45) is 0 Å². The van der Waals surface area contributed by atoms with Crippen LogP contribution in [0.3, 0.4) is 0 Å². The molecule has 0 bridgehead atoms. The first kappa shape index (κ1) is 10.9. The molecule has 0 aliphatic carbocycles. The van der Waals surface area contributed by atoms with E-state index >= 15 is 0 Å². The van der Waals surface area contributed by atoms with Crippen molar-refractivity contribution in [2.45, 2.75) is 20.3 Å². The molecule has 0 saturated carbocycles. The van der Waals surface area contributed by atoms with Crippen LogP contribution < -0.4 is 0 Å². The second-order valence-corrected chi connectivity index (χ2v) is 4.71. The minimum absolute atomic E-state index is 0.769. The second kappa shape index (κ2) is 4.11. The maximum atomic E-state index is 6.15. The van der Waals surface area contributed by atoms with Gasteiger partial charge >= 0.3 is 0 Å². The molecule has 0 amide bonds. The lowest BCUT2D eigenvalue weighted by Crippen LogP contribution is -1.91. The van der Waals surface area contributed by atoms with Gasteiger partial charge in [-0.1, -0.05) is 24.6 Å². The Labute approximate surface area is 103 Å². The molecule has 0 radical (unpaired) electrons. The van der Waals surface area contributed by atoms with Gasteiger partial charge in [0.15, 0.2) is 0 Å². The fraction of sp³-hybridized carbons (Fsp3) is 0.250. The van der Waals surface area contributed by atoms with Crippen LogP contribution in [0, 0.1) is 6.92 Å². The SMILES string of the molecule is CCc1cc2c(Cl)ccc(C)c2nc1Br. The third kappa shape index (κ3) is 1.88. The molecule has 2 aromatic rings. The molecule has 15 heavy (non-hydrogen) atoms. The summed E-state index contributed by atoms with van der Waals surface area (Å²) >= 11 is 9.64. The Morgan fingerprint density at radius 1 is 1.40 bits per heavy atom. The van der Waals surface area contributed by atoms with Crippen LogP contribution in [0.2, 0.25) is 5.02 Å². The first-order chi connectivity index (χ1) is 7.13. The van der Waals surface area contributed by atoms with Gasteiger partial charge < -0.3 is 0 Å². The van der Waals surface area contributed by atoms with E-state index in [1.807, 2.05) is 19.1 Å². The highest BCUT2D eigenvalue weighted by atomic mass is 79.9. The standard InChI is InChI=1S/C12H11BrClN/c1-3-8-6-9-10(14)5-4-7(2)11(9)15-12(8)13/h4-6H,3H2,1-2H3. The van der Waals surface area contributed by atoms with Crippen molar-refractivity contribution in [3.63, 3.8) is 0 Å². The molecule has 2 rings (SSSR count). The highest BCUT2D eigenvalue weighted by Crippen LogP contribution is 2.28. The molecule has 1 heterocycles. The number of benzene rings is 1. The Balaban J connectivity index is 2.86. The minimum Gasteiger partial charge on any atom is -0.240 e. The Morgan fingerprint density at radius 3 is 2.80 bits per heavy atom.